The number of amides is 1. The second kappa shape index (κ2) is 4.37. The Morgan fingerprint density at radius 2 is 2.29 bits per heavy atom. The van der Waals surface area contributed by atoms with Gasteiger partial charge >= 0.3 is 0 Å². The number of hydrogen-bond donors (Lipinski definition) is 1. The monoisotopic (exact) mass is 298 g/mol. The van der Waals surface area contributed by atoms with Crippen molar-refractivity contribution >= 4 is 32.8 Å². The standard InChI is InChI=1S/C11H11BrN2O3/c1-3-13-10(15)8-4-6-9(17-8)7(12)5-14(2)11(6)16/h4-5H,3H2,1-2H3,(H,13,15). The number of fused-ring (bicyclic) bond motifs is 1. The summed E-state index contributed by atoms with van der Waals surface area (Å²) in [5, 5.41) is 3.01. The van der Waals surface area contributed by atoms with Gasteiger partial charge in [0.05, 0.1) is 9.86 Å². The zero-order valence-electron chi connectivity index (χ0n) is 9.41. The number of aryl methyl sites for hydroxylation is 1. The molecule has 0 spiro atoms. The van der Waals surface area contributed by atoms with E-state index in [0.29, 0.717) is 22.0 Å². The third-order valence-electron chi connectivity index (χ3n) is 2.37. The van der Waals surface area contributed by atoms with E-state index in [1.807, 2.05) is 6.92 Å². The summed E-state index contributed by atoms with van der Waals surface area (Å²) in [4.78, 5) is 23.4. The van der Waals surface area contributed by atoms with Crippen LogP contribution in [0.15, 0.2) is 25.9 Å². The lowest BCUT2D eigenvalue weighted by molar-refractivity contribution is 0.0930. The zero-order chi connectivity index (χ0) is 12.6. The van der Waals surface area contributed by atoms with Crippen LogP contribution in [0.2, 0.25) is 0 Å². The topological polar surface area (TPSA) is 64.2 Å². The number of aromatic nitrogens is 1. The van der Waals surface area contributed by atoms with Crippen LogP contribution in [0.1, 0.15) is 17.5 Å². The van der Waals surface area contributed by atoms with Crippen LogP contribution in [-0.2, 0) is 7.05 Å². The fraction of sp³-hybridized carbons (Fsp3) is 0.273. The van der Waals surface area contributed by atoms with Gasteiger partial charge in [-0.2, -0.15) is 0 Å². The van der Waals surface area contributed by atoms with Crippen molar-refractivity contribution < 1.29 is 9.21 Å². The number of carbonyl (C=O) groups is 1. The number of carbonyl (C=O) groups excluding carboxylic acids is 1. The van der Waals surface area contributed by atoms with Gasteiger partial charge in [0.2, 0.25) is 0 Å². The Morgan fingerprint density at radius 1 is 1.59 bits per heavy atom. The largest absolute Gasteiger partial charge is 0.449 e. The predicted molar refractivity (Wildman–Crippen MR) is 67.2 cm³/mol. The highest BCUT2D eigenvalue weighted by atomic mass is 79.9. The minimum atomic E-state index is -0.322. The zero-order valence-corrected chi connectivity index (χ0v) is 11.0. The van der Waals surface area contributed by atoms with Crippen LogP contribution >= 0.6 is 15.9 Å². The molecule has 2 aromatic rings. The average molecular weight is 299 g/mol. The van der Waals surface area contributed by atoms with E-state index < -0.39 is 0 Å². The van der Waals surface area contributed by atoms with E-state index >= 15 is 0 Å². The van der Waals surface area contributed by atoms with Crippen molar-refractivity contribution in [2.45, 2.75) is 6.92 Å². The van der Waals surface area contributed by atoms with Crippen LogP contribution in [0.5, 0.6) is 0 Å². The molecule has 0 unspecified atom stereocenters. The first-order valence-corrected chi connectivity index (χ1v) is 5.90. The second-order valence-corrected chi connectivity index (χ2v) is 4.46. The molecular weight excluding hydrogens is 288 g/mol. The molecule has 0 saturated heterocycles. The quantitative estimate of drug-likeness (QED) is 0.917. The molecule has 0 radical (unpaired) electrons. The first-order valence-electron chi connectivity index (χ1n) is 5.11. The van der Waals surface area contributed by atoms with Crippen molar-refractivity contribution in [2.75, 3.05) is 6.54 Å². The van der Waals surface area contributed by atoms with Crippen molar-refractivity contribution in [3.8, 4) is 0 Å². The number of halogens is 1. The van der Waals surface area contributed by atoms with Gasteiger partial charge in [0, 0.05) is 25.9 Å². The highest BCUT2D eigenvalue weighted by Gasteiger charge is 2.16. The second-order valence-electron chi connectivity index (χ2n) is 3.61. The SMILES string of the molecule is CCNC(=O)c1cc2c(=O)n(C)cc(Br)c2o1. The van der Waals surface area contributed by atoms with Crippen LogP contribution in [0.25, 0.3) is 11.0 Å². The molecule has 0 aliphatic rings. The maximum absolute atomic E-state index is 11.8. The first-order chi connectivity index (χ1) is 8.04. The molecule has 2 heterocycles. The third kappa shape index (κ3) is 2.00. The molecule has 0 atom stereocenters. The molecule has 1 amide bonds. The van der Waals surface area contributed by atoms with E-state index in [9.17, 15) is 9.59 Å². The maximum Gasteiger partial charge on any atom is 0.287 e. The number of nitrogens with zero attached hydrogens (tertiary/aromatic N) is 1. The molecule has 2 rings (SSSR count). The molecule has 6 heteroatoms. The third-order valence-corrected chi connectivity index (χ3v) is 2.93. The van der Waals surface area contributed by atoms with Gasteiger partial charge in [0.1, 0.15) is 0 Å². The number of rotatable bonds is 2. The Bertz CT molecular complexity index is 642. The van der Waals surface area contributed by atoms with Crippen LogP contribution in [0, 0.1) is 0 Å². The summed E-state index contributed by atoms with van der Waals surface area (Å²) in [7, 11) is 1.64. The number of furan rings is 1. The molecule has 0 aliphatic carbocycles. The Hall–Kier alpha value is -1.56. The van der Waals surface area contributed by atoms with Crippen molar-refractivity contribution in [3.63, 3.8) is 0 Å². The van der Waals surface area contributed by atoms with Crippen LogP contribution in [0.4, 0.5) is 0 Å². The lowest BCUT2D eigenvalue weighted by atomic mass is 10.3. The predicted octanol–water partition coefficient (Wildman–Crippen LogP) is 1.64. The Kier molecular flexibility index (Phi) is 3.06. The van der Waals surface area contributed by atoms with Gasteiger partial charge in [-0.05, 0) is 22.9 Å². The summed E-state index contributed by atoms with van der Waals surface area (Å²) in [6, 6.07) is 1.47. The lowest BCUT2D eigenvalue weighted by Crippen LogP contribution is -2.22. The molecule has 90 valence electrons. The molecule has 0 aromatic carbocycles. The lowest BCUT2D eigenvalue weighted by Gasteiger charge is -1.98. The van der Waals surface area contributed by atoms with Crippen molar-refractivity contribution in [3.05, 3.63) is 32.8 Å². The van der Waals surface area contributed by atoms with Gasteiger partial charge in [-0.1, -0.05) is 0 Å². The van der Waals surface area contributed by atoms with E-state index in [0.717, 1.165) is 0 Å². The molecule has 0 fully saturated rings. The normalized spacial score (nSPS) is 10.8. The minimum Gasteiger partial charge on any atom is -0.449 e. The Morgan fingerprint density at radius 3 is 2.94 bits per heavy atom. The van der Waals surface area contributed by atoms with Crippen molar-refractivity contribution in [1.29, 1.82) is 0 Å². The molecule has 0 aliphatic heterocycles. The van der Waals surface area contributed by atoms with Crippen LogP contribution in [0.3, 0.4) is 0 Å². The highest BCUT2D eigenvalue weighted by molar-refractivity contribution is 9.10. The molecule has 1 N–H and O–H groups in total. The summed E-state index contributed by atoms with van der Waals surface area (Å²) < 4.78 is 7.45. The van der Waals surface area contributed by atoms with Crippen molar-refractivity contribution in [2.24, 2.45) is 7.05 Å². The highest BCUT2D eigenvalue weighted by Crippen LogP contribution is 2.24. The molecular formula is C11H11BrN2O3. The fourth-order valence-electron chi connectivity index (χ4n) is 1.56. The molecule has 0 saturated carbocycles. The summed E-state index contributed by atoms with van der Waals surface area (Å²) in [5.41, 5.74) is 0.205. The maximum atomic E-state index is 11.8. The molecule has 17 heavy (non-hydrogen) atoms. The van der Waals surface area contributed by atoms with Crippen molar-refractivity contribution in [1.82, 2.24) is 9.88 Å². The number of nitrogens with one attached hydrogen (secondary N) is 1. The summed E-state index contributed by atoms with van der Waals surface area (Å²) in [6.45, 7) is 2.32. The smallest absolute Gasteiger partial charge is 0.287 e. The van der Waals surface area contributed by atoms with E-state index in [-0.39, 0.29) is 17.2 Å². The van der Waals surface area contributed by atoms with Crippen LogP contribution < -0.4 is 10.9 Å². The van der Waals surface area contributed by atoms with Gasteiger partial charge in [-0.25, -0.2) is 0 Å². The number of hydrogen-bond acceptors (Lipinski definition) is 3. The summed E-state index contributed by atoms with van der Waals surface area (Å²) in [5.74, 6) is -0.177. The van der Waals surface area contributed by atoms with E-state index in [2.05, 4.69) is 21.2 Å². The Labute approximate surface area is 106 Å². The van der Waals surface area contributed by atoms with E-state index in [4.69, 9.17) is 4.42 Å². The van der Waals surface area contributed by atoms with Crippen LogP contribution in [-0.4, -0.2) is 17.0 Å². The van der Waals surface area contributed by atoms with E-state index in [1.165, 1.54) is 10.6 Å². The molecule has 5 nitrogen and oxygen atoms in total. The van der Waals surface area contributed by atoms with Gasteiger partial charge in [-0.3, -0.25) is 9.59 Å². The molecule has 2 aromatic heterocycles. The van der Waals surface area contributed by atoms with Gasteiger partial charge in [0.15, 0.2) is 11.3 Å². The van der Waals surface area contributed by atoms with Gasteiger partial charge < -0.3 is 14.3 Å². The van der Waals surface area contributed by atoms with E-state index in [1.54, 1.807) is 13.2 Å². The Balaban J connectivity index is 2.65. The number of pyridine rings is 1. The van der Waals surface area contributed by atoms with Gasteiger partial charge in [0.25, 0.3) is 11.5 Å². The average Bonchev–Trinajstić information content (AvgIpc) is 2.72. The first kappa shape index (κ1) is 11.9. The molecule has 0 bridgehead atoms. The minimum absolute atomic E-state index is 0.144. The summed E-state index contributed by atoms with van der Waals surface area (Å²) in [6.07, 6.45) is 1.61. The van der Waals surface area contributed by atoms with Gasteiger partial charge in [-0.15, -0.1) is 0 Å². The summed E-state index contributed by atoms with van der Waals surface area (Å²) >= 11 is 3.30. The fourth-order valence-corrected chi connectivity index (χ4v) is 2.17.